The normalized spacial score (nSPS) is 16.6. The highest BCUT2D eigenvalue weighted by Gasteiger charge is 2.21. The first-order valence-electron chi connectivity index (χ1n) is 8.68. The zero-order valence-corrected chi connectivity index (χ0v) is 17.0. The van der Waals surface area contributed by atoms with E-state index in [9.17, 15) is 0 Å². The lowest BCUT2D eigenvalue weighted by atomic mass is 9.90. The second kappa shape index (κ2) is 7.21. The van der Waals surface area contributed by atoms with Gasteiger partial charge in [0, 0.05) is 10.3 Å². The molecule has 0 radical (unpaired) electrons. The van der Waals surface area contributed by atoms with Gasteiger partial charge in [0.05, 0.1) is 16.2 Å². The Balaban J connectivity index is 1.26. The lowest BCUT2D eigenvalue weighted by Gasteiger charge is -2.16. The van der Waals surface area contributed by atoms with Crippen LogP contribution in [0, 0.1) is 5.92 Å². The molecule has 0 saturated heterocycles. The molecule has 1 aliphatic carbocycles. The Hall–Kier alpha value is -1.97. The highest BCUT2D eigenvalue weighted by atomic mass is 32.2. The molecule has 0 bridgehead atoms. The number of hydrogen-bond acceptors (Lipinski definition) is 9. The van der Waals surface area contributed by atoms with Crippen LogP contribution in [0.15, 0.2) is 37.1 Å². The molecule has 1 atom stereocenters. The van der Waals surface area contributed by atoms with Gasteiger partial charge in [0.25, 0.3) is 17.0 Å². The Bertz CT molecular complexity index is 1050. The quantitative estimate of drug-likeness (QED) is 0.407. The summed E-state index contributed by atoms with van der Waals surface area (Å²) in [4.78, 5) is 6.93. The second-order valence-corrected chi connectivity index (χ2v) is 9.44. The lowest BCUT2D eigenvalue weighted by Crippen LogP contribution is -2.07. The van der Waals surface area contributed by atoms with Gasteiger partial charge in [0.1, 0.15) is 0 Å². The van der Waals surface area contributed by atoms with Crippen LogP contribution >= 0.6 is 34.4 Å². The fraction of sp³-hybridized carbons (Fsp3) is 0.333. The van der Waals surface area contributed by atoms with Crippen LogP contribution in [0.3, 0.4) is 0 Å². The fourth-order valence-electron chi connectivity index (χ4n) is 3.12. The number of nitrogens with zero attached hydrogens (tertiary/aromatic N) is 4. The third-order valence-electron chi connectivity index (χ3n) is 4.51. The molecule has 0 aliphatic heterocycles. The average molecular weight is 417 g/mol. The molecule has 0 saturated carbocycles. The van der Waals surface area contributed by atoms with Crippen LogP contribution < -0.4 is 0 Å². The summed E-state index contributed by atoms with van der Waals surface area (Å²) in [5, 5.41) is 16.9. The summed E-state index contributed by atoms with van der Waals surface area (Å²) >= 11 is 4.79. The van der Waals surface area contributed by atoms with Crippen LogP contribution in [-0.2, 0) is 18.6 Å². The molecule has 9 heteroatoms. The van der Waals surface area contributed by atoms with Gasteiger partial charge in [-0.2, -0.15) is 16.3 Å². The number of thiophene rings is 2. The van der Waals surface area contributed by atoms with Crippen molar-refractivity contribution in [2.45, 2.75) is 37.2 Å². The van der Waals surface area contributed by atoms with Gasteiger partial charge in [-0.1, -0.05) is 23.8 Å². The van der Waals surface area contributed by atoms with E-state index in [0.29, 0.717) is 28.6 Å². The average Bonchev–Trinajstić information content (AvgIpc) is 3.45. The maximum atomic E-state index is 5.84. The second-order valence-electron chi connectivity index (χ2n) is 6.60. The van der Waals surface area contributed by atoms with Crippen LogP contribution in [0.5, 0.6) is 0 Å². The van der Waals surface area contributed by atoms with E-state index < -0.39 is 0 Å². The van der Waals surface area contributed by atoms with E-state index in [4.69, 9.17) is 8.94 Å². The standard InChI is InChI=1S/C18H16N4O2S3/c1-10-2-3-13-12(6-10)7-14(27-13)17-20-21-18(23-17)26-9-15-19-16(24-22-15)11-4-5-25-8-11/h4-5,7-8,10H,2-3,6,9H2,1H3/t10-/m0/s1. The summed E-state index contributed by atoms with van der Waals surface area (Å²) in [6.07, 6.45) is 3.56. The van der Waals surface area contributed by atoms with Gasteiger partial charge in [0.15, 0.2) is 5.82 Å². The van der Waals surface area contributed by atoms with Crippen LogP contribution in [0.25, 0.3) is 22.2 Å². The smallest absolute Gasteiger partial charge is 0.277 e. The SMILES string of the molecule is C[C@H]1CCc2sc(-c3nnc(SCc4noc(-c5ccsc5)n4)o3)cc2C1. The highest BCUT2D eigenvalue weighted by molar-refractivity contribution is 7.98. The zero-order chi connectivity index (χ0) is 18.2. The number of aromatic nitrogens is 4. The molecule has 4 heterocycles. The van der Waals surface area contributed by atoms with Crippen molar-refractivity contribution >= 4 is 34.4 Å². The van der Waals surface area contributed by atoms with Crippen LogP contribution in [0.2, 0.25) is 0 Å². The minimum Gasteiger partial charge on any atom is -0.410 e. The minimum absolute atomic E-state index is 0.520. The maximum Gasteiger partial charge on any atom is 0.277 e. The van der Waals surface area contributed by atoms with Crippen molar-refractivity contribution in [1.82, 2.24) is 20.3 Å². The van der Waals surface area contributed by atoms with Crippen molar-refractivity contribution in [2.24, 2.45) is 5.92 Å². The van der Waals surface area contributed by atoms with Crippen LogP contribution in [0.1, 0.15) is 29.6 Å². The molecule has 0 aromatic carbocycles. The monoisotopic (exact) mass is 416 g/mol. The van der Waals surface area contributed by atoms with Crippen molar-refractivity contribution in [3.05, 3.63) is 39.2 Å². The van der Waals surface area contributed by atoms with Gasteiger partial charge in [-0.25, -0.2) is 0 Å². The predicted octanol–water partition coefficient (Wildman–Crippen LogP) is 5.33. The summed E-state index contributed by atoms with van der Waals surface area (Å²) in [6.45, 7) is 2.31. The number of fused-ring (bicyclic) bond motifs is 1. The summed E-state index contributed by atoms with van der Waals surface area (Å²) in [7, 11) is 0. The first kappa shape index (κ1) is 17.2. The van der Waals surface area contributed by atoms with Crippen molar-refractivity contribution in [2.75, 3.05) is 0 Å². The number of hydrogen-bond donors (Lipinski definition) is 0. The molecule has 0 amide bonds. The summed E-state index contributed by atoms with van der Waals surface area (Å²) in [5.74, 6) is 3.02. The van der Waals surface area contributed by atoms with Crippen molar-refractivity contribution < 1.29 is 8.94 Å². The topological polar surface area (TPSA) is 77.8 Å². The Morgan fingerprint density at radius 2 is 2.26 bits per heavy atom. The summed E-state index contributed by atoms with van der Waals surface area (Å²) < 4.78 is 11.1. The molecule has 0 spiro atoms. The van der Waals surface area contributed by atoms with E-state index in [2.05, 4.69) is 33.3 Å². The molecule has 138 valence electrons. The first-order valence-corrected chi connectivity index (χ1v) is 11.4. The van der Waals surface area contributed by atoms with Crippen molar-refractivity contribution in [3.8, 4) is 22.2 Å². The van der Waals surface area contributed by atoms with Gasteiger partial charge >= 0.3 is 0 Å². The van der Waals surface area contributed by atoms with E-state index in [0.717, 1.165) is 29.2 Å². The molecule has 6 nitrogen and oxygen atoms in total. The third-order valence-corrected chi connectivity index (χ3v) is 7.23. The molecule has 27 heavy (non-hydrogen) atoms. The Kier molecular flexibility index (Phi) is 4.58. The summed E-state index contributed by atoms with van der Waals surface area (Å²) in [6, 6.07) is 4.17. The highest BCUT2D eigenvalue weighted by Crippen LogP contribution is 2.37. The lowest BCUT2D eigenvalue weighted by molar-refractivity contribution is 0.425. The van der Waals surface area contributed by atoms with Crippen LogP contribution in [-0.4, -0.2) is 20.3 Å². The molecule has 0 fully saturated rings. The Morgan fingerprint density at radius 3 is 3.15 bits per heavy atom. The van der Waals surface area contributed by atoms with E-state index in [-0.39, 0.29) is 0 Å². The molecule has 5 rings (SSSR count). The maximum absolute atomic E-state index is 5.84. The predicted molar refractivity (Wildman–Crippen MR) is 106 cm³/mol. The van der Waals surface area contributed by atoms with Crippen molar-refractivity contribution in [3.63, 3.8) is 0 Å². The van der Waals surface area contributed by atoms with Gasteiger partial charge in [-0.15, -0.1) is 21.5 Å². The number of thioether (sulfide) groups is 1. The van der Waals surface area contributed by atoms with Gasteiger partial charge < -0.3 is 8.94 Å². The van der Waals surface area contributed by atoms with E-state index in [1.807, 2.05) is 16.8 Å². The number of rotatable bonds is 5. The molecular weight excluding hydrogens is 400 g/mol. The molecule has 0 unspecified atom stereocenters. The molecule has 1 aliphatic rings. The molecular formula is C18H16N4O2S3. The largest absolute Gasteiger partial charge is 0.410 e. The number of aryl methyl sites for hydroxylation is 1. The molecule has 4 aromatic heterocycles. The van der Waals surface area contributed by atoms with Gasteiger partial charge in [-0.05, 0) is 48.3 Å². The Labute approximate surface area is 168 Å². The minimum atomic E-state index is 0.520. The van der Waals surface area contributed by atoms with E-state index in [1.54, 1.807) is 22.7 Å². The Morgan fingerprint density at radius 1 is 1.30 bits per heavy atom. The molecule has 4 aromatic rings. The van der Waals surface area contributed by atoms with Crippen LogP contribution in [0.4, 0.5) is 0 Å². The zero-order valence-electron chi connectivity index (χ0n) is 14.5. The third kappa shape index (κ3) is 3.59. The first-order chi connectivity index (χ1) is 13.2. The molecule has 0 N–H and O–H groups in total. The summed E-state index contributed by atoms with van der Waals surface area (Å²) in [5.41, 5.74) is 2.38. The van der Waals surface area contributed by atoms with Crippen molar-refractivity contribution in [1.29, 1.82) is 0 Å². The van der Waals surface area contributed by atoms with E-state index >= 15 is 0 Å². The fourth-order valence-corrected chi connectivity index (χ4v) is 5.49. The van der Waals surface area contributed by atoms with E-state index in [1.165, 1.54) is 28.6 Å². The van der Waals surface area contributed by atoms with Gasteiger partial charge in [-0.3, -0.25) is 0 Å². The van der Waals surface area contributed by atoms with Gasteiger partial charge in [0.2, 0.25) is 0 Å².